The molecule has 2 rings (SSSR count). The molecule has 0 radical (unpaired) electrons. The van der Waals surface area contributed by atoms with E-state index in [1.807, 2.05) is 6.92 Å². The van der Waals surface area contributed by atoms with Crippen molar-refractivity contribution >= 4 is 17.3 Å². The summed E-state index contributed by atoms with van der Waals surface area (Å²) in [5.74, 6) is 0. The number of ether oxygens (including phenoxy) is 1. The van der Waals surface area contributed by atoms with Crippen molar-refractivity contribution in [3.63, 3.8) is 0 Å². The minimum Gasteiger partial charge on any atom is -0.380 e. The first kappa shape index (κ1) is 14.3. The molecule has 1 aromatic heterocycles. The molecule has 0 bridgehead atoms. The van der Waals surface area contributed by atoms with Gasteiger partial charge in [0.15, 0.2) is 0 Å². The summed E-state index contributed by atoms with van der Waals surface area (Å²) in [7, 11) is 0. The number of nitrogens with zero attached hydrogens (tertiary/aromatic N) is 2. The molecule has 0 aliphatic heterocycles. The van der Waals surface area contributed by atoms with Gasteiger partial charge >= 0.3 is 0 Å². The van der Waals surface area contributed by atoms with Crippen LogP contribution in [0.3, 0.4) is 0 Å². The van der Waals surface area contributed by atoms with Crippen LogP contribution in [0.25, 0.3) is 0 Å². The Morgan fingerprint density at radius 1 is 1.53 bits per heavy atom. The van der Waals surface area contributed by atoms with Gasteiger partial charge in [-0.15, -0.1) is 0 Å². The normalized spacial score (nSPS) is 15.9. The van der Waals surface area contributed by atoms with Crippen LogP contribution in [0.15, 0.2) is 11.0 Å². The maximum atomic E-state index is 11.8. The monoisotopic (exact) mass is 285 g/mol. The lowest BCUT2D eigenvalue weighted by atomic mass is 10.3. The second kappa shape index (κ2) is 6.91. The van der Waals surface area contributed by atoms with Crippen molar-refractivity contribution in [3.05, 3.63) is 21.6 Å². The summed E-state index contributed by atoms with van der Waals surface area (Å²) in [4.78, 5) is 11.8. The van der Waals surface area contributed by atoms with Gasteiger partial charge in [-0.3, -0.25) is 4.79 Å². The average Bonchev–Trinajstić information content (AvgIpc) is 2.92. The van der Waals surface area contributed by atoms with Crippen LogP contribution in [0.1, 0.15) is 32.6 Å². The van der Waals surface area contributed by atoms with E-state index in [4.69, 9.17) is 16.3 Å². The molecule has 1 heterocycles. The first-order chi connectivity index (χ1) is 9.22. The lowest BCUT2D eigenvalue weighted by Crippen LogP contribution is -2.24. The second-order valence-electron chi connectivity index (χ2n) is 4.70. The van der Waals surface area contributed by atoms with Crippen LogP contribution >= 0.6 is 11.6 Å². The van der Waals surface area contributed by atoms with Crippen molar-refractivity contribution in [2.45, 2.75) is 45.3 Å². The molecule has 0 amide bonds. The highest BCUT2D eigenvalue weighted by Gasteiger charge is 2.15. The maximum absolute atomic E-state index is 11.8. The number of halogens is 1. The molecule has 1 saturated carbocycles. The Morgan fingerprint density at radius 3 is 2.95 bits per heavy atom. The average molecular weight is 286 g/mol. The standard InChI is InChI=1S/C13H20ClN3O2/c1-2-17-13(18)12(14)11(9-16-17)15-7-8-19-10-5-3-4-6-10/h9-10,15H,2-8H2,1H3. The molecule has 0 saturated heterocycles. The van der Waals surface area contributed by atoms with E-state index >= 15 is 0 Å². The van der Waals surface area contributed by atoms with Crippen molar-refractivity contribution in [2.75, 3.05) is 18.5 Å². The van der Waals surface area contributed by atoms with Gasteiger partial charge in [-0.2, -0.15) is 5.10 Å². The van der Waals surface area contributed by atoms with E-state index in [0.29, 0.717) is 31.5 Å². The third kappa shape index (κ3) is 3.70. The van der Waals surface area contributed by atoms with Gasteiger partial charge in [0.05, 0.1) is 24.6 Å². The molecular formula is C13H20ClN3O2. The molecule has 1 aliphatic carbocycles. The fourth-order valence-corrected chi connectivity index (χ4v) is 2.49. The Labute approximate surface area is 117 Å². The Bertz CT molecular complexity index is 469. The predicted molar refractivity (Wildman–Crippen MR) is 75.9 cm³/mol. The molecule has 0 spiro atoms. The maximum Gasteiger partial charge on any atom is 0.287 e. The molecule has 0 unspecified atom stereocenters. The van der Waals surface area contributed by atoms with Gasteiger partial charge in [-0.25, -0.2) is 4.68 Å². The lowest BCUT2D eigenvalue weighted by Gasteiger charge is -2.12. The second-order valence-corrected chi connectivity index (χ2v) is 5.08. The number of rotatable bonds is 6. The molecule has 1 aromatic rings. The van der Waals surface area contributed by atoms with Gasteiger partial charge in [0, 0.05) is 13.1 Å². The summed E-state index contributed by atoms with van der Waals surface area (Å²) in [5, 5.41) is 7.32. The number of anilines is 1. The van der Waals surface area contributed by atoms with E-state index < -0.39 is 0 Å². The van der Waals surface area contributed by atoms with Crippen molar-refractivity contribution in [2.24, 2.45) is 0 Å². The van der Waals surface area contributed by atoms with Gasteiger partial charge in [-0.1, -0.05) is 24.4 Å². The first-order valence-electron chi connectivity index (χ1n) is 6.83. The van der Waals surface area contributed by atoms with Crippen molar-refractivity contribution in [1.82, 2.24) is 9.78 Å². The van der Waals surface area contributed by atoms with E-state index in [0.717, 1.165) is 12.8 Å². The molecule has 0 aromatic carbocycles. The first-order valence-corrected chi connectivity index (χ1v) is 7.21. The van der Waals surface area contributed by atoms with Crippen LogP contribution in [0, 0.1) is 0 Å². The fraction of sp³-hybridized carbons (Fsp3) is 0.692. The molecule has 0 atom stereocenters. The van der Waals surface area contributed by atoms with Crippen LogP contribution in [0.5, 0.6) is 0 Å². The van der Waals surface area contributed by atoms with Crippen LogP contribution in [0.4, 0.5) is 5.69 Å². The Morgan fingerprint density at radius 2 is 2.26 bits per heavy atom. The molecule has 5 nitrogen and oxygen atoms in total. The molecule has 1 fully saturated rings. The van der Waals surface area contributed by atoms with Gasteiger partial charge in [0.1, 0.15) is 5.02 Å². The third-order valence-electron chi connectivity index (χ3n) is 3.36. The minimum atomic E-state index is -0.258. The zero-order chi connectivity index (χ0) is 13.7. The van der Waals surface area contributed by atoms with E-state index in [2.05, 4.69) is 10.4 Å². The number of hydrogen-bond acceptors (Lipinski definition) is 4. The summed E-state index contributed by atoms with van der Waals surface area (Å²) in [6.45, 7) is 3.63. The fourth-order valence-electron chi connectivity index (χ4n) is 2.28. The number of hydrogen-bond donors (Lipinski definition) is 1. The van der Waals surface area contributed by atoms with Crippen LogP contribution in [0.2, 0.25) is 5.02 Å². The SMILES string of the molecule is CCn1ncc(NCCOC2CCCC2)c(Cl)c1=O. The summed E-state index contributed by atoms with van der Waals surface area (Å²) in [6, 6.07) is 0. The molecule has 106 valence electrons. The van der Waals surface area contributed by atoms with E-state index in [1.54, 1.807) is 6.20 Å². The summed E-state index contributed by atoms with van der Waals surface area (Å²) >= 11 is 6.01. The molecular weight excluding hydrogens is 266 g/mol. The number of aryl methyl sites for hydroxylation is 1. The highest BCUT2D eigenvalue weighted by molar-refractivity contribution is 6.32. The summed E-state index contributed by atoms with van der Waals surface area (Å²) in [5.41, 5.74) is 0.317. The van der Waals surface area contributed by atoms with Crippen molar-refractivity contribution in [1.29, 1.82) is 0 Å². The van der Waals surface area contributed by atoms with E-state index in [1.165, 1.54) is 17.5 Å². The van der Waals surface area contributed by atoms with Gasteiger partial charge in [0.25, 0.3) is 5.56 Å². The Hall–Kier alpha value is -1.07. The quantitative estimate of drug-likeness (QED) is 0.815. The number of nitrogens with one attached hydrogen (secondary N) is 1. The van der Waals surface area contributed by atoms with Crippen molar-refractivity contribution < 1.29 is 4.74 Å². The van der Waals surface area contributed by atoms with Crippen LogP contribution in [-0.2, 0) is 11.3 Å². The predicted octanol–water partition coefficient (Wildman–Crippen LogP) is 2.29. The largest absolute Gasteiger partial charge is 0.380 e. The summed E-state index contributed by atoms with van der Waals surface area (Å²) in [6.07, 6.45) is 6.85. The summed E-state index contributed by atoms with van der Waals surface area (Å²) < 4.78 is 7.07. The van der Waals surface area contributed by atoms with Gasteiger partial charge < -0.3 is 10.1 Å². The van der Waals surface area contributed by atoms with E-state index in [9.17, 15) is 4.79 Å². The van der Waals surface area contributed by atoms with E-state index in [-0.39, 0.29) is 10.6 Å². The van der Waals surface area contributed by atoms with Crippen LogP contribution < -0.4 is 10.9 Å². The Kier molecular flexibility index (Phi) is 5.22. The zero-order valence-corrected chi connectivity index (χ0v) is 11.9. The van der Waals surface area contributed by atoms with Gasteiger partial charge in [0.2, 0.25) is 0 Å². The zero-order valence-electron chi connectivity index (χ0n) is 11.2. The molecule has 19 heavy (non-hydrogen) atoms. The molecule has 1 aliphatic rings. The van der Waals surface area contributed by atoms with Crippen LogP contribution in [-0.4, -0.2) is 29.0 Å². The smallest absolute Gasteiger partial charge is 0.287 e. The Balaban J connectivity index is 1.82. The molecule has 6 heteroatoms. The highest BCUT2D eigenvalue weighted by atomic mass is 35.5. The number of aromatic nitrogens is 2. The topological polar surface area (TPSA) is 56.1 Å². The van der Waals surface area contributed by atoms with Gasteiger partial charge in [-0.05, 0) is 19.8 Å². The highest BCUT2D eigenvalue weighted by Crippen LogP contribution is 2.20. The third-order valence-corrected chi connectivity index (χ3v) is 3.72. The lowest BCUT2D eigenvalue weighted by molar-refractivity contribution is 0.0659. The van der Waals surface area contributed by atoms with Crippen molar-refractivity contribution in [3.8, 4) is 0 Å². The molecule has 1 N–H and O–H groups in total. The minimum absolute atomic E-state index is 0.192.